The summed E-state index contributed by atoms with van der Waals surface area (Å²) in [5, 5.41) is 12.2. The van der Waals surface area contributed by atoms with E-state index < -0.39 is 5.97 Å². The van der Waals surface area contributed by atoms with Gasteiger partial charge in [-0.3, -0.25) is 9.59 Å². The Morgan fingerprint density at radius 2 is 2.19 bits per heavy atom. The molecule has 26 heavy (non-hydrogen) atoms. The number of nitrogens with zero attached hydrogens (tertiary/aromatic N) is 4. The third-order valence-electron chi connectivity index (χ3n) is 2.93. The molecule has 9 nitrogen and oxygen atoms in total. The summed E-state index contributed by atoms with van der Waals surface area (Å²) in [6.45, 7) is 3.57. The number of carbonyl (C=O) groups is 2. The average molecular weight is 377 g/mol. The predicted molar refractivity (Wildman–Crippen MR) is 96.4 cm³/mol. The van der Waals surface area contributed by atoms with E-state index in [4.69, 9.17) is 9.47 Å². The molecule has 0 aliphatic carbocycles. The summed E-state index contributed by atoms with van der Waals surface area (Å²) in [5.41, 5.74) is 3.12. The van der Waals surface area contributed by atoms with Crippen molar-refractivity contribution in [2.75, 3.05) is 12.4 Å². The molecule has 0 unspecified atom stereocenters. The summed E-state index contributed by atoms with van der Waals surface area (Å²) in [6, 6.07) is 4.98. The zero-order chi connectivity index (χ0) is 18.9. The molecule has 1 aromatic carbocycles. The molecule has 0 aliphatic heterocycles. The van der Waals surface area contributed by atoms with Gasteiger partial charge in [-0.05, 0) is 30.7 Å². The number of aryl methyl sites for hydroxylation is 1. The fourth-order valence-electron chi connectivity index (χ4n) is 1.86. The van der Waals surface area contributed by atoms with Crippen molar-refractivity contribution in [2.24, 2.45) is 12.1 Å². The van der Waals surface area contributed by atoms with Crippen LogP contribution in [0.2, 0.25) is 0 Å². The zero-order valence-electron chi connectivity index (χ0n) is 14.6. The first-order valence-corrected chi connectivity index (χ1v) is 8.72. The van der Waals surface area contributed by atoms with E-state index in [-0.39, 0.29) is 11.7 Å². The number of thioether (sulfide) groups is 1. The van der Waals surface area contributed by atoms with E-state index in [1.807, 2.05) is 6.92 Å². The Balaban J connectivity index is 1.92. The Hall–Kier alpha value is -2.88. The molecule has 0 atom stereocenters. The Morgan fingerprint density at radius 3 is 2.85 bits per heavy atom. The monoisotopic (exact) mass is 377 g/mol. The van der Waals surface area contributed by atoms with Crippen LogP contribution in [0.4, 0.5) is 0 Å². The standard InChI is InChI=1S/C16H19N5O4S/c1-4-24-14-7-12(5-6-13(14)25-11(2)22)8-17-19-15(23)9-26-16-20-18-10-21(16)3/h5-8,10H,4,9H2,1-3H3,(H,19,23). The number of rotatable bonds is 8. The molecule has 2 rings (SSSR count). The number of hydrazone groups is 1. The molecule has 1 heterocycles. The molecule has 0 saturated carbocycles. The summed E-state index contributed by atoms with van der Waals surface area (Å²) in [5.74, 6) is 0.228. The van der Waals surface area contributed by atoms with Crippen molar-refractivity contribution < 1.29 is 19.1 Å². The fraction of sp³-hybridized carbons (Fsp3) is 0.312. The number of aromatic nitrogens is 3. The lowest BCUT2D eigenvalue weighted by Crippen LogP contribution is -2.19. The van der Waals surface area contributed by atoms with E-state index >= 15 is 0 Å². The molecule has 0 bridgehead atoms. The summed E-state index contributed by atoms with van der Waals surface area (Å²) < 4.78 is 12.3. The second-order valence-corrected chi connectivity index (χ2v) is 5.98. The van der Waals surface area contributed by atoms with Crippen LogP contribution in [0.25, 0.3) is 0 Å². The number of carbonyl (C=O) groups excluding carboxylic acids is 2. The smallest absolute Gasteiger partial charge is 0.308 e. The Labute approximate surface area is 154 Å². The molecule has 10 heteroatoms. The van der Waals surface area contributed by atoms with Crippen molar-refractivity contribution in [3.05, 3.63) is 30.1 Å². The van der Waals surface area contributed by atoms with Crippen LogP contribution in [0, 0.1) is 0 Å². The van der Waals surface area contributed by atoms with Crippen molar-refractivity contribution in [2.45, 2.75) is 19.0 Å². The maximum absolute atomic E-state index is 11.8. The number of benzene rings is 1. The van der Waals surface area contributed by atoms with Gasteiger partial charge in [-0.25, -0.2) is 5.43 Å². The van der Waals surface area contributed by atoms with Gasteiger partial charge in [0, 0.05) is 14.0 Å². The van der Waals surface area contributed by atoms with Gasteiger partial charge in [0.1, 0.15) is 6.33 Å². The first kappa shape index (κ1) is 19.4. The topological polar surface area (TPSA) is 108 Å². The first-order chi connectivity index (χ1) is 12.5. The SMILES string of the molecule is CCOc1cc(C=NNC(=O)CSc2nncn2C)ccc1OC(C)=O. The number of esters is 1. The van der Waals surface area contributed by atoms with Gasteiger partial charge in [-0.2, -0.15) is 5.10 Å². The molecule has 0 radical (unpaired) electrons. The Kier molecular flexibility index (Phi) is 7.15. The number of hydrogen-bond acceptors (Lipinski definition) is 8. The van der Waals surface area contributed by atoms with Gasteiger partial charge >= 0.3 is 5.97 Å². The van der Waals surface area contributed by atoms with Crippen LogP contribution in [0.3, 0.4) is 0 Å². The van der Waals surface area contributed by atoms with Gasteiger partial charge in [-0.15, -0.1) is 10.2 Å². The van der Waals surface area contributed by atoms with E-state index in [0.29, 0.717) is 28.8 Å². The minimum absolute atomic E-state index is 0.166. The fourth-order valence-corrected chi connectivity index (χ4v) is 2.54. The van der Waals surface area contributed by atoms with Gasteiger partial charge < -0.3 is 14.0 Å². The average Bonchev–Trinajstić information content (AvgIpc) is 3.00. The highest BCUT2D eigenvalue weighted by atomic mass is 32.2. The summed E-state index contributed by atoms with van der Waals surface area (Å²) in [6.07, 6.45) is 3.04. The van der Waals surface area contributed by atoms with Gasteiger partial charge in [0.15, 0.2) is 16.7 Å². The maximum atomic E-state index is 11.8. The number of nitrogens with one attached hydrogen (secondary N) is 1. The van der Waals surface area contributed by atoms with Crippen LogP contribution < -0.4 is 14.9 Å². The second-order valence-electron chi connectivity index (χ2n) is 5.04. The Morgan fingerprint density at radius 1 is 1.38 bits per heavy atom. The second kappa shape index (κ2) is 9.56. The summed E-state index contributed by atoms with van der Waals surface area (Å²) >= 11 is 1.26. The summed E-state index contributed by atoms with van der Waals surface area (Å²) in [7, 11) is 1.80. The van der Waals surface area contributed by atoms with Gasteiger partial charge in [0.05, 0.1) is 18.6 Å². The van der Waals surface area contributed by atoms with Crippen molar-refractivity contribution >= 4 is 29.9 Å². The Bertz CT molecular complexity index is 806. The highest BCUT2D eigenvalue weighted by Gasteiger charge is 2.09. The quantitative estimate of drug-likeness (QED) is 0.243. The van der Waals surface area contributed by atoms with E-state index in [2.05, 4.69) is 20.7 Å². The van der Waals surface area contributed by atoms with Gasteiger partial charge in [0.25, 0.3) is 5.91 Å². The van der Waals surface area contributed by atoms with Crippen LogP contribution in [0.15, 0.2) is 34.8 Å². The molecule has 1 amide bonds. The van der Waals surface area contributed by atoms with E-state index in [1.54, 1.807) is 36.1 Å². The molecular formula is C16H19N5O4S. The van der Waals surface area contributed by atoms with E-state index in [0.717, 1.165) is 0 Å². The zero-order valence-corrected chi connectivity index (χ0v) is 15.4. The molecule has 1 N–H and O–H groups in total. The van der Waals surface area contributed by atoms with Gasteiger partial charge in [0.2, 0.25) is 0 Å². The number of amides is 1. The van der Waals surface area contributed by atoms with E-state index in [9.17, 15) is 9.59 Å². The minimum atomic E-state index is -0.431. The molecule has 1 aromatic heterocycles. The molecule has 0 saturated heterocycles. The molecule has 138 valence electrons. The molecule has 0 spiro atoms. The van der Waals surface area contributed by atoms with Crippen LogP contribution >= 0.6 is 11.8 Å². The van der Waals surface area contributed by atoms with Crippen LogP contribution in [-0.4, -0.2) is 45.2 Å². The largest absolute Gasteiger partial charge is 0.490 e. The van der Waals surface area contributed by atoms with Gasteiger partial charge in [-0.1, -0.05) is 11.8 Å². The van der Waals surface area contributed by atoms with Crippen molar-refractivity contribution in [1.82, 2.24) is 20.2 Å². The van der Waals surface area contributed by atoms with Crippen LogP contribution in [-0.2, 0) is 16.6 Å². The molecule has 0 aliphatic rings. The lowest BCUT2D eigenvalue weighted by molar-refractivity contribution is -0.132. The van der Waals surface area contributed by atoms with Crippen molar-refractivity contribution in [3.8, 4) is 11.5 Å². The highest BCUT2D eigenvalue weighted by Crippen LogP contribution is 2.28. The lowest BCUT2D eigenvalue weighted by Gasteiger charge is -2.10. The van der Waals surface area contributed by atoms with Crippen molar-refractivity contribution in [3.63, 3.8) is 0 Å². The van der Waals surface area contributed by atoms with Crippen molar-refractivity contribution in [1.29, 1.82) is 0 Å². The lowest BCUT2D eigenvalue weighted by atomic mass is 10.2. The minimum Gasteiger partial charge on any atom is -0.490 e. The highest BCUT2D eigenvalue weighted by molar-refractivity contribution is 7.99. The third kappa shape index (κ3) is 5.88. The normalized spacial score (nSPS) is 10.7. The third-order valence-corrected chi connectivity index (χ3v) is 3.96. The summed E-state index contributed by atoms with van der Waals surface area (Å²) in [4.78, 5) is 22.9. The maximum Gasteiger partial charge on any atom is 0.308 e. The number of ether oxygens (including phenoxy) is 2. The molecule has 2 aromatic rings. The van der Waals surface area contributed by atoms with E-state index in [1.165, 1.54) is 24.9 Å². The van der Waals surface area contributed by atoms with Crippen LogP contribution in [0.5, 0.6) is 11.5 Å². The first-order valence-electron chi connectivity index (χ1n) is 7.73. The predicted octanol–water partition coefficient (Wildman–Crippen LogP) is 1.38. The molecule has 0 fully saturated rings. The van der Waals surface area contributed by atoms with Crippen LogP contribution in [0.1, 0.15) is 19.4 Å². The number of hydrogen-bond donors (Lipinski definition) is 1. The molecular weight excluding hydrogens is 358 g/mol.